The first-order chi connectivity index (χ1) is 34.4. The molecule has 4 N–H and O–H groups in total. The van der Waals surface area contributed by atoms with Gasteiger partial charge in [0.05, 0.1) is 40.5 Å². The molecule has 4 aromatic carbocycles. The Morgan fingerprint density at radius 2 is 1.75 bits per heavy atom. The Kier molecular flexibility index (Phi) is 12.1. The Bertz CT molecular complexity index is 3270. The summed E-state index contributed by atoms with van der Waals surface area (Å²) >= 11 is 1.43. The second-order valence-electron chi connectivity index (χ2n) is 19.3. The number of benzene rings is 4. The Hall–Kier alpha value is -7.50. The van der Waals surface area contributed by atoms with Gasteiger partial charge in [0.1, 0.15) is 11.6 Å². The number of aromatic carboxylic acids is 1. The first-order valence-electron chi connectivity index (χ1n) is 24.2. The van der Waals surface area contributed by atoms with Crippen LogP contribution in [-0.4, -0.2) is 92.1 Å². The van der Waals surface area contributed by atoms with Crippen LogP contribution in [-0.2, 0) is 34.4 Å². The number of imide groups is 1. The Labute approximate surface area is 413 Å². The fraction of sp³-hybridized carbons (Fsp3) is 0.333. The van der Waals surface area contributed by atoms with Crippen LogP contribution in [0.15, 0.2) is 91.0 Å². The van der Waals surface area contributed by atoms with Gasteiger partial charge in [-0.15, -0.1) is 0 Å². The summed E-state index contributed by atoms with van der Waals surface area (Å²) in [6, 6.07) is 28.5. The van der Waals surface area contributed by atoms with Crippen LogP contribution >= 0.6 is 11.3 Å². The van der Waals surface area contributed by atoms with E-state index in [0.29, 0.717) is 84.2 Å². The van der Waals surface area contributed by atoms with Gasteiger partial charge < -0.3 is 20.1 Å². The smallest absolute Gasteiger partial charge is 0.355 e. The average Bonchev–Trinajstić information content (AvgIpc) is 3.68. The van der Waals surface area contributed by atoms with Crippen LogP contribution in [0.5, 0.6) is 5.75 Å². The number of pyridine rings is 1. The van der Waals surface area contributed by atoms with Crippen LogP contribution in [0.3, 0.4) is 0 Å². The highest BCUT2D eigenvalue weighted by Crippen LogP contribution is 2.61. The summed E-state index contributed by atoms with van der Waals surface area (Å²) in [4.78, 5) is 77.5. The molecule has 71 heavy (non-hydrogen) atoms. The molecule has 1 aliphatic carbocycles. The number of fused-ring (bicyclic) bond motifs is 3. The number of ether oxygens (including phenoxy) is 1. The highest BCUT2D eigenvalue weighted by Gasteiger charge is 2.54. The second kappa shape index (κ2) is 18.7. The third-order valence-corrected chi connectivity index (χ3v) is 16.0. The number of nitrogens with one attached hydrogen (secondary N) is 3. The normalized spacial score (nSPS) is 18.6. The van der Waals surface area contributed by atoms with Crippen molar-refractivity contribution in [2.24, 2.45) is 18.4 Å². The lowest BCUT2D eigenvalue weighted by Crippen LogP contribution is -2.40. The molecule has 11 rings (SSSR count). The Balaban J connectivity index is 0.679. The topological polar surface area (TPSA) is 201 Å². The monoisotopic (exact) mass is 971 g/mol. The summed E-state index contributed by atoms with van der Waals surface area (Å²) in [5.74, 6) is -0.760. The van der Waals surface area contributed by atoms with Gasteiger partial charge in [-0.3, -0.25) is 39.4 Å². The first-order valence-corrected chi connectivity index (χ1v) is 25.0. The van der Waals surface area contributed by atoms with Crippen molar-refractivity contribution in [1.82, 2.24) is 30.0 Å². The summed E-state index contributed by atoms with van der Waals surface area (Å²) < 4.78 is 9.12. The van der Waals surface area contributed by atoms with Gasteiger partial charge in [0, 0.05) is 48.8 Å². The standard InChI is InChI=1S/C54H53N9O7S/c1-31-35(36-15-17-45(57-49(36)52(68)69)63-23-19-32-7-5-9-37(40(32)29-63)50(66)59-53-56-41-10-3-4-12-44(41)71-53)8-6-11-43(31)70-26-20-33-28-54(33)21-24-62(25-22-54)30-47(65)55-34-13-14-38-42(27-34)61(2)60-48(38)39-16-18-46(64)58-51(39)67/h3-15,17,27,33,39H,16,18-26,28-30H2,1-2H3,(H,55,65)(H,68,69)(H,56,59,66)(H,58,64,67)/t33-,39?/m1/s1. The Morgan fingerprint density at radius 3 is 2.56 bits per heavy atom. The number of carboxylic acids is 1. The van der Waals surface area contributed by atoms with Crippen molar-refractivity contribution < 1.29 is 33.8 Å². The fourth-order valence-corrected chi connectivity index (χ4v) is 11.9. The van der Waals surface area contributed by atoms with E-state index in [1.807, 2.05) is 110 Å². The maximum absolute atomic E-state index is 13.6. The lowest BCUT2D eigenvalue weighted by atomic mass is 9.90. The molecule has 0 radical (unpaired) electrons. The molecule has 0 bridgehead atoms. The summed E-state index contributed by atoms with van der Waals surface area (Å²) in [5, 5.41) is 24.9. The van der Waals surface area contributed by atoms with Crippen molar-refractivity contribution in [3.63, 3.8) is 0 Å². The number of amides is 4. The number of aryl methyl sites for hydroxylation is 1. The highest BCUT2D eigenvalue weighted by molar-refractivity contribution is 7.22. The van der Waals surface area contributed by atoms with Gasteiger partial charge in [-0.25, -0.2) is 14.8 Å². The molecular weight excluding hydrogens is 919 g/mol. The van der Waals surface area contributed by atoms with E-state index in [0.717, 1.165) is 82.1 Å². The quantitative estimate of drug-likeness (QED) is 0.0811. The van der Waals surface area contributed by atoms with E-state index in [1.165, 1.54) is 11.3 Å². The molecule has 1 saturated carbocycles. The number of hydrogen-bond acceptors (Lipinski definition) is 12. The van der Waals surface area contributed by atoms with E-state index in [4.69, 9.17) is 9.72 Å². The molecule has 17 heteroatoms. The highest BCUT2D eigenvalue weighted by atomic mass is 32.1. The van der Waals surface area contributed by atoms with Gasteiger partial charge >= 0.3 is 5.97 Å². The minimum Gasteiger partial charge on any atom is -0.493 e. The summed E-state index contributed by atoms with van der Waals surface area (Å²) in [5.41, 5.74) is 7.75. The van der Waals surface area contributed by atoms with Crippen LogP contribution in [0.1, 0.15) is 87.7 Å². The van der Waals surface area contributed by atoms with E-state index in [9.17, 15) is 29.1 Å². The number of nitrogens with zero attached hydrogens (tertiary/aromatic N) is 6. The van der Waals surface area contributed by atoms with Gasteiger partial charge in [0.25, 0.3) is 5.91 Å². The van der Waals surface area contributed by atoms with Gasteiger partial charge in [-0.05, 0) is 147 Å². The maximum Gasteiger partial charge on any atom is 0.355 e. The van der Waals surface area contributed by atoms with Crippen molar-refractivity contribution in [2.45, 2.75) is 64.3 Å². The SMILES string of the molecule is Cc1c(OCC[C@@H]2CC23CCN(CC(=O)Nc2ccc4c(C5CCC(=O)NC5=O)nn(C)c4c2)CC3)cccc1-c1ccc(N2CCc3cccc(C(=O)Nc4nc5ccccc5s4)c3C2)nc1C(=O)O. The molecule has 4 amide bonds. The minimum atomic E-state index is -1.13. The number of likely N-dealkylation sites (tertiary alicyclic amines) is 1. The zero-order valence-electron chi connectivity index (χ0n) is 39.5. The number of carbonyl (C=O) groups is 5. The zero-order chi connectivity index (χ0) is 49.0. The molecule has 3 aliphatic heterocycles. The lowest BCUT2D eigenvalue weighted by Gasteiger charge is -2.32. The number of carboxylic acid groups (broad SMARTS) is 1. The molecule has 7 aromatic rings. The molecule has 1 spiro atoms. The molecule has 2 atom stereocenters. The molecular formula is C54H53N9O7S. The number of carbonyl (C=O) groups excluding carboxylic acids is 4. The summed E-state index contributed by atoms with van der Waals surface area (Å²) in [6.45, 7) is 5.49. The molecule has 3 aromatic heterocycles. The van der Waals surface area contributed by atoms with Crippen molar-refractivity contribution in [2.75, 3.05) is 48.3 Å². The van der Waals surface area contributed by atoms with Crippen molar-refractivity contribution in [1.29, 1.82) is 0 Å². The fourth-order valence-electron chi connectivity index (χ4n) is 11.0. The third-order valence-electron chi connectivity index (χ3n) is 15.0. The van der Waals surface area contributed by atoms with Crippen LogP contribution in [0.25, 0.3) is 32.2 Å². The number of anilines is 3. The van der Waals surface area contributed by atoms with Gasteiger partial charge in [-0.1, -0.05) is 47.7 Å². The number of rotatable bonds is 13. The second-order valence-corrected chi connectivity index (χ2v) is 20.4. The van der Waals surface area contributed by atoms with E-state index >= 15 is 0 Å². The van der Waals surface area contributed by atoms with Crippen molar-refractivity contribution >= 4 is 78.7 Å². The Morgan fingerprint density at radius 1 is 0.915 bits per heavy atom. The molecule has 16 nitrogen and oxygen atoms in total. The van der Waals surface area contributed by atoms with Gasteiger partial charge in [-0.2, -0.15) is 5.10 Å². The summed E-state index contributed by atoms with van der Waals surface area (Å²) in [6.07, 6.45) is 5.47. The van der Waals surface area contributed by atoms with Crippen LogP contribution in [0.2, 0.25) is 0 Å². The number of para-hydroxylation sites is 1. The van der Waals surface area contributed by atoms with E-state index in [-0.39, 0.29) is 41.2 Å². The number of hydrogen-bond donors (Lipinski definition) is 4. The van der Waals surface area contributed by atoms with Crippen LogP contribution in [0.4, 0.5) is 16.6 Å². The average molecular weight is 972 g/mol. The molecule has 6 heterocycles. The summed E-state index contributed by atoms with van der Waals surface area (Å²) in [7, 11) is 1.81. The van der Waals surface area contributed by atoms with E-state index in [2.05, 4.69) is 30.9 Å². The van der Waals surface area contributed by atoms with Gasteiger partial charge in [0.2, 0.25) is 17.7 Å². The van der Waals surface area contributed by atoms with Crippen molar-refractivity contribution in [3.05, 3.63) is 125 Å². The predicted octanol–water partition coefficient (Wildman–Crippen LogP) is 8.10. The molecule has 3 fully saturated rings. The number of aromatic nitrogens is 4. The molecule has 2 saturated heterocycles. The number of piperidine rings is 2. The third kappa shape index (κ3) is 9.11. The first kappa shape index (κ1) is 45.9. The zero-order valence-corrected chi connectivity index (χ0v) is 40.3. The maximum atomic E-state index is 13.6. The van der Waals surface area contributed by atoms with Crippen LogP contribution in [0, 0.1) is 18.3 Å². The molecule has 362 valence electrons. The lowest BCUT2D eigenvalue weighted by molar-refractivity contribution is -0.134. The van der Waals surface area contributed by atoms with Gasteiger partial charge in [0.15, 0.2) is 10.8 Å². The predicted molar refractivity (Wildman–Crippen MR) is 271 cm³/mol. The van der Waals surface area contributed by atoms with E-state index in [1.54, 1.807) is 4.68 Å². The van der Waals surface area contributed by atoms with Crippen LogP contribution < -0.4 is 25.6 Å². The minimum absolute atomic E-state index is 0.0487. The van der Waals surface area contributed by atoms with E-state index < -0.39 is 11.9 Å². The number of thiazole rings is 1. The molecule has 4 aliphatic rings. The molecule has 1 unspecified atom stereocenters. The van der Waals surface area contributed by atoms with Crippen molar-refractivity contribution in [3.8, 4) is 16.9 Å². The largest absolute Gasteiger partial charge is 0.493 e.